The molecule has 0 saturated carbocycles. The molecule has 0 unspecified atom stereocenters. The first-order chi connectivity index (χ1) is 14.0. The SMILES string of the molecule is COC(=O)c1cn(C(=O)[C@H](C)N(c2cc(Cl)cc(Cl)c2)S(C)(=O)=O)c2ccccc12. The van der Waals surface area contributed by atoms with E-state index in [1.165, 1.54) is 43.0 Å². The monoisotopic (exact) mass is 468 g/mol. The molecule has 0 bridgehead atoms. The van der Waals surface area contributed by atoms with E-state index in [0.717, 1.165) is 10.6 Å². The Balaban J connectivity index is 2.14. The lowest BCUT2D eigenvalue weighted by molar-refractivity contribution is 0.0603. The van der Waals surface area contributed by atoms with Crippen LogP contribution < -0.4 is 4.31 Å². The topological polar surface area (TPSA) is 85.7 Å². The van der Waals surface area contributed by atoms with Gasteiger partial charge < -0.3 is 4.74 Å². The lowest BCUT2D eigenvalue weighted by atomic mass is 10.2. The molecule has 0 N–H and O–H groups in total. The zero-order valence-electron chi connectivity index (χ0n) is 16.3. The molecule has 3 rings (SSSR count). The maximum atomic E-state index is 13.4. The number of sulfonamides is 1. The summed E-state index contributed by atoms with van der Waals surface area (Å²) in [5.74, 6) is -1.17. The number of esters is 1. The van der Waals surface area contributed by atoms with E-state index in [2.05, 4.69) is 0 Å². The van der Waals surface area contributed by atoms with Gasteiger partial charge in [-0.2, -0.15) is 0 Å². The number of halogens is 2. The van der Waals surface area contributed by atoms with Gasteiger partial charge in [-0.25, -0.2) is 13.2 Å². The Morgan fingerprint density at radius 1 is 1.10 bits per heavy atom. The number of fused-ring (bicyclic) bond motifs is 1. The highest BCUT2D eigenvalue weighted by molar-refractivity contribution is 7.92. The molecule has 2 aromatic carbocycles. The van der Waals surface area contributed by atoms with Crippen molar-refractivity contribution in [1.29, 1.82) is 0 Å². The summed E-state index contributed by atoms with van der Waals surface area (Å²) in [6, 6.07) is 9.90. The minimum atomic E-state index is -3.88. The van der Waals surface area contributed by atoms with E-state index in [-0.39, 0.29) is 21.3 Å². The number of methoxy groups -OCH3 is 1. The van der Waals surface area contributed by atoms with Gasteiger partial charge in [-0.1, -0.05) is 41.4 Å². The number of ether oxygens (including phenoxy) is 1. The number of nitrogens with zero attached hydrogens (tertiary/aromatic N) is 2. The number of para-hydroxylation sites is 1. The molecule has 3 aromatic rings. The van der Waals surface area contributed by atoms with Crippen LogP contribution in [0.3, 0.4) is 0 Å². The first kappa shape index (κ1) is 22.1. The Bertz CT molecular complexity index is 1230. The van der Waals surface area contributed by atoms with Crippen molar-refractivity contribution in [3.8, 4) is 0 Å². The minimum Gasteiger partial charge on any atom is -0.465 e. The molecular formula is C20H18Cl2N2O5S. The third-order valence-electron chi connectivity index (χ3n) is 4.52. The first-order valence-corrected chi connectivity index (χ1v) is 11.3. The van der Waals surface area contributed by atoms with Crippen LogP contribution in [0.25, 0.3) is 10.9 Å². The van der Waals surface area contributed by atoms with E-state index in [1.54, 1.807) is 24.3 Å². The Hall–Kier alpha value is -2.55. The van der Waals surface area contributed by atoms with Gasteiger partial charge in [0.05, 0.1) is 30.1 Å². The highest BCUT2D eigenvalue weighted by Gasteiger charge is 2.32. The molecule has 30 heavy (non-hydrogen) atoms. The van der Waals surface area contributed by atoms with Crippen molar-refractivity contribution >= 4 is 61.7 Å². The number of benzene rings is 2. The standard InChI is InChI=1S/C20H18Cl2N2O5S/c1-12(24(30(3,27)28)15-9-13(21)8-14(22)10-15)19(25)23-11-17(20(26)29-2)16-6-4-5-7-18(16)23/h4-12H,1-3H3/t12-/m0/s1. The van der Waals surface area contributed by atoms with Crippen LogP contribution in [-0.2, 0) is 14.8 Å². The lowest BCUT2D eigenvalue weighted by Gasteiger charge is -2.28. The van der Waals surface area contributed by atoms with Crippen molar-refractivity contribution in [3.63, 3.8) is 0 Å². The van der Waals surface area contributed by atoms with Crippen molar-refractivity contribution in [1.82, 2.24) is 4.57 Å². The van der Waals surface area contributed by atoms with E-state index < -0.39 is 27.9 Å². The molecule has 1 aromatic heterocycles. The van der Waals surface area contributed by atoms with Gasteiger partial charge in [0.15, 0.2) is 0 Å². The summed E-state index contributed by atoms with van der Waals surface area (Å²) in [6.07, 6.45) is 2.33. The van der Waals surface area contributed by atoms with Gasteiger partial charge in [-0.15, -0.1) is 0 Å². The van der Waals surface area contributed by atoms with Crippen LogP contribution in [0.1, 0.15) is 22.1 Å². The van der Waals surface area contributed by atoms with Gasteiger partial charge in [0.1, 0.15) is 6.04 Å². The number of anilines is 1. The number of hydrogen-bond acceptors (Lipinski definition) is 5. The first-order valence-electron chi connectivity index (χ1n) is 8.72. The van der Waals surface area contributed by atoms with E-state index >= 15 is 0 Å². The molecule has 0 aliphatic carbocycles. The minimum absolute atomic E-state index is 0.153. The number of hydrogen-bond donors (Lipinski definition) is 0. The number of carbonyl (C=O) groups is 2. The quantitative estimate of drug-likeness (QED) is 0.522. The van der Waals surface area contributed by atoms with Gasteiger partial charge in [0.2, 0.25) is 10.0 Å². The number of aromatic nitrogens is 1. The summed E-state index contributed by atoms with van der Waals surface area (Å²) in [6.45, 7) is 1.45. The summed E-state index contributed by atoms with van der Waals surface area (Å²) in [5, 5.41) is 0.969. The van der Waals surface area contributed by atoms with E-state index in [1.807, 2.05) is 0 Å². The third kappa shape index (κ3) is 4.16. The summed E-state index contributed by atoms with van der Waals surface area (Å²) in [5.41, 5.74) is 0.804. The van der Waals surface area contributed by atoms with Gasteiger partial charge in [-0.05, 0) is 31.2 Å². The fourth-order valence-corrected chi connectivity index (χ4v) is 4.97. The third-order valence-corrected chi connectivity index (χ3v) is 6.20. The van der Waals surface area contributed by atoms with Crippen LogP contribution in [0.5, 0.6) is 0 Å². The molecule has 0 amide bonds. The Morgan fingerprint density at radius 3 is 2.27 bits per heavy atom. The Labute approximate surface area is 183 Å². The zero-order valence-corrected chi connectivity index (χ0v) is 18.6. The van der Waals surface area contributed by atoms with Crippen LogP contribution in [0.15, 0.2) is 48.7 Å². The molecule has 0 radical (unpaired) electrons. The van der Waals surface area contributed by atoms with Crippen molar-refractivity contribution in [2.24, 2.45) is 0 Å². The Morgan fingerprint density at radius 2 is 1.70 bits per heavy atom. The highest BCUT2D eigenvalue weighted by Crippen LogP contribution is 2.30. The number of carbonyl (C=O) groups excluding carboxylic acids is 2. The molecule has 10 heteroatoms. The van der Waals surface area contributed by atoms with Gasteiger partial charge in [0, 0.05) is 21.6 Å². The fourth-order valence-electron chi connectivity index (χ4n) is 3.31. The molecule has 7 nitrogen and oxygen atoms in total. The summed E-state index contributed by atoms with van der Waals surface area (Å²) in [7, 11) is -2.64. The lowest BCUT2D eigenvalue weighted by Crippen LogP contribution is -2.44. The van der Waals surface area contributed by atoms with Crippen molar-refractivity contribution in [2.75, 3.05) is 17.7 Å². The van der Waals surface area contributed by atoms with Crippen LogP contribution in [0.2, 0.25) is 10.0 Å². The second-order valence-corrected chi connectivity index (χ2v) is 9.35. The van der Waals surface area contributed by atoms with Crippen LogP contribution in [-0.4, -0.2) is 44.3 Å². The van der Waals surface area contributed by atoms with Crippen molar-refractivity contribution < 1.29 is 22.7 Å². The average Bonchev–Trinajstić information content (AvgIpc) is 3.04. The maximum absolute atomic E-state index is 13.4. The largest absolute Gasteiger partial charge is 0.465 e. The predicted molar refractivity (Wildman–Crippen MR) is 117 cm³/mol. The molecule has 0 saturated heterocycles. The summed E-state index contributed by atoms with van der Waals surface area (Å²) in [4.78, 5) is 25.5. The predicted octanol–water partition coefficient (Wildman–Crippen LogP) is 4.23. The smallest absolute Gasteiger partial charge is 0.340 e. The maximum Gasteiger partial charge on any atom is 0.340 e. The normalized spacial score (nSPS) is 12.6. The highest BCUT2D eigenvalue weighted by atomic mass is 35.5. The molecule has 0 aliphatic rings. The van der Waals surface area contributed by atoms with E-state index in [9.17, 15) is 18.0 Å². The summed E-state index contributed by atoms with van der Waals surface area (Å²) >= 11 is 12.1. The second-order valence-electron chi connectivity index (χ2n) is 6.62. The van der Waals surface area contributed by atoms with E-state index in [0.29, 0.717) is 10.9 Å². The van der Waals surface area contributed by atoms with Gasteiger partial charge >= 0.3 is 5.97 Å². The summed E-state index contributed by atoms with van der Waals surface area (Å²) < 4.78 is 32.1. The molecule has 0 fully saturated rings. The molecule has 1 heterocycles. The molecular weight excluding hydrogens is 451 g/mol. The average molecular weight is 469 g/mol. The zero-order chi connectivity index (χ0) is 22.2. The molecule has 0 spiro atoms. The van der Waals surface area contributed by atoms with Crippen LogP contribution >= 0.6 is 23.2 Å². The molecule has 0 aliphatic heterocycles. The molecule has 158 valence electrons. The molecule has 1 atom stereocenters. The van der Waals surface area contributed by atoms with Gasteiger partial charge in [0.25, 0.3) is 5.91 Å². The fraction of sp³-hybridized carbons (Fsp3) is 0.200. The number of rotatable bonds is 5. The Kier molecular flexibility index (Phi) is 6.12. The second kappa shape index (κ2) is 8.29. The van der Waals surface area contributed by atoms with E-state index in [4.69, 9.17) is 27.9 Å². The van der Waals surface area contributed by atoms with Crippen molar-refractivity contribution in [3.05, 3.63) is 64.3 Å². The van der Waals surface area contributed by atoms with Crippen LogP contribution in [0, 0.1) is 0 Å². The van der Waals surface area contributed by atoms with Crippen LogP contribution in [0.4, 0.5) is 5.69 Å². The van der Waals surface area contributed by atoms with Crippen molar-refractivity contribution in [2.45, 2.75) is 13.0 Å². The van der Waals surface area contributed by atoms with Gasteiger partial charge in [-0.3, -0.25) is 13.7 Å².